The summed E-state index contributed by atoms with van der Waals surface area (Å²) in [4.78, 5) is 24.1. The van der Waals surface area contributed by atoms with Crippen molar-refractivity contribution in [1.29, 1.82) is 0 Å². The van der Waals surface area contributed by atoms with Crippen molar-refractivity contribution in [2.45, 2.75) is 13.0 Å². The molecule has 1 aliphatic heterocycles. The van der Waals surface area contributed by atoms with Crippen LogP contribution in [0.15, 0.2) is 72.8 Å². The largest absolute Gasteiger partial charge is 0.483 e. The van der Waals surface area contributed by atoms with Crippen molar-refractivity contribution < 1.29 is 19.1 Å². The van der Waals surface area contributed by atoms with Crippen LogP contribution in [0, 0.1) is 0 Å². The van der Waals surface area contributed by atoms with Crippen LogP contribution in [0.3, 0.4) is 0 Å². The number of hydrogen-bond acceptors (Lipinski definition) is 4. The molecule has 6 heteroatoms. The van der Waals surface area contributed by atoms with Crippen LogP contribution < -0.4 is 20.1 Å². The minimum absolute atomic E-state index is 0.138. The summed E-state index contributed by atoms with van der Waals surface area (Å²) in [6.07, 6.45) is -0.541. The van der Waals surface area contributed by atoms with Crippen molar-refractivity contribution in [2.75, 3.05) is 17.2 Å². The molecular formula is C23H20N2O4. The molecule has 1 atom stereocenters. The zero-order valence-corrected chi connectivity index (χ0v) is 15.8. The second-order valence-corrected chi connectivity index (χ2v) is 6.66. The van der Waals surface area contributed by atoms with E-state index in [1.165, 1.54) is 0 Å². The van der Waals surface area contributed by atoms with Crippen molar-refractivity contribution in [2.24, 2.45) is 0 Å². The third kappa shape index (κ3) is 4.21. The smallest absolute Gasteiger partial charge is 0.265 e. The maximum atomic E-state index is 12.4. The molecule has 0 aliphatic carbocycles. The Labute approximate surface area is 168 Å². The van der Waals surface area contributed by atoms with Crippen LogP contribution in [-0.4, -0.2) is 24.5 Å². The lowest BCUT2D eigenvalue weighted by Gasteiger charge is -2.23. The molecule has 0 saturated carbocycles. The Bertz CT molecular complexity index is 1050. The van der Waals surface area contributed by atoms with E-state index in [9.17, 15) is 9.59 Å². The summed E-state index contributed by atoms with van der Waals surface area (Å²) in [7, 11) is 0. The fourth-order valence-corrected chi connectivity index (χ4v) is 3.08. The molecule has 0 fully saturated rings. The van der Waals surface area contributed by atoms with Crippen molar-refractivity contribution in [3.05, 3.63) is 72.8 Å². The molecule has 146 valence electrons. The Morgan fingerprint density at radius 2 is 1.83 bits per heavy atom. The number of fused-ring (bicyclic) bond motifs is 1. The SMILES string of the molecule is CC1Oc2ccc(NC(=O)COc3ccccc3-c3ccccc3)cc2NC1=O. The van der Waals surface area contributed by atoms with Gasteiger partial charge < -0.3 is 20.1 Å². The monoisotopic (exact) mass is 388 g/mol. The number of carbonyl (C=O) groups is 2. The van der Waals surface area contributed by atoms with Crippen LogP contribution in [0.25, 0.3) is 11.1 Å². The van der Waals surface area contributed by atoms with Gasteiger partial charge >= 0.3 is 0 Å². The highest BCUT2D eigenvalue weighted by atomic mass is 16.5. The molecule has 2 N–H and O–H groups in total. The lowest BCUT2D eigenvalue weighted by atomic mass is 10.1. The molecule has 1 unspecified atom stereocenters. The Balaban J connectivity index is 1.42. The van der Waals surface area contributed by atoms with Crippen molar-refractivity contribution in [3.8, 4) is 22.6 Å². The standard InChI is InChI=1S/C23H20N2O4/c1-15-23(27)25-19-13-17(11-12-21(19)29-15)24-22(26)14-28-20-10-6-5-9-18(20)16-7-3-2-4-8-16/h2-13,15H,14H2,1H3,(H,24,26)(H,25,27). The Morgan fingerprint density at radius 3 is 2.66 bits per heavy atom. The quantitative estimate of drug-likeness (QED) is 0.690. The minimum atomic E-state index is -0.541. The molecule has 0 radical (unpaired) electrons. The third-order valence-corrected chi connectivity index (χ3v) is 4.52. The zero-order valence-electron chi connectivity index (χ0n) is 15.8. The van der Waals surface area contributed by atoms with E-state index in [1.807, 2.05) is 54.6 Å². The molecule has 4 rings (SSSR count). The second kappa shape index (κ2) is 8.06. The Kier molecular flexibility index (Phi) is 5.16. The molecule has 0 spiro atoms. The highest BCUT2D eigenvalue weighted by molar-refractivity contribution is 5.99. The number of benzene rings is 3. The van der Waals surface area contributed by atoms with Gasteiger partial charge in [-0.25, -0.2) is 0 Å². The molecule has 6 nitrogen and oxygen atoms in total. The summed E-state index contributed by atoms with van der Waals surface area (Å²) in [5.74, 6) is 0.683. The van der Waals surface area contributed by atoms with Crippen molar-refractivity contribution in [1.82, 2.24) is 0 Å². The Hall–Kier alpha value is -3.80. The van der Waals surface area contributed by atoms with Crippen LogP contribution in [0.5, 0.6) is 11.5 Å². The van der Waals surface area contributed by atoms with Gasteiger partial charge in [0.15, 0.2) is 12.7 Å². The van der Waals surface area contributed by atoms with Crippen molar-refractivity contribution in [3.63, 3.8) is 0 Å². The molecule has 0 aromatic heterocycles. The average Bonchev–Trinajstić information content (AvgIpc) is 2.74. The van der Waals surface area contributed by atoms with E-state index in [0.29, 0.717) is 22.9 Å². The highest BCUT2D eigenvalue weighted by Gasteiger charge is 2.23. The Morgan fingerprint density at radius 1 is 1.07 bits per heavy atom. The topological polar surface area (TPSA) is 76.7 Å². The summed E-state index contributed by atoms with van der Waals surface area (Å²) in [6, 6.07) is 22.5. The first-order valence-corrected chi connectivity index (χ1v) is 9.29. The normalized spacial score (nSPS) is 14.9. The van der Waals surface area contributed by atoms with Gasteiger partial charge in [-0.3, -0.25) is 9.59 Å². The third-order valence-electron chi connectivity index (χ3n) is 4.52. The van der Waals surface area contributed by atoms with Gasteiger partial charge in [0, 0.05) is 11.3 Å². The number of hydrogen-bond donors (Lipinski definition) is 2. The second-order valence-electron chi connectivity index (χ2n) is 6.66. The van der Waals surface area contributed by atoms with Crippen LogP contribution in [0.4, 0.5) is 11.4 Å². The van der Waals surface area contributed by atoms with E-state index in [1.54, 1.807) is 25.1 Å². The van der Waals surface area contributed by atoms with E-state index in [-0.39, 0.29) is 18.4 Å². The number of carbonyl (C=O) groups excluding carboxylic acids is 2. The van der Waals surface area contributed by atoms with Gasteiger partial charge in [0.2, 0.25) is 0 Å². The van der Waals surface area contributed by atoms with E-state index < -0.39 is 6.10 Å². The maximum Gasteiger partial charge on any atom is 0.265 e. The minimum Gasteiger partial charge on any atom is -0.483 e. The van der Waals surface area contributed by atoms with Gasteiger partial charge in [-0.05, 0) is 36.8 Å². The zero-order chi connectivity index (χ0) is 20.2. The van der Waals surface area contributed by atoms with E-state index in [2.05, 4.69) is 10.6 Å². The number of para-hydroxylation sites is 1. The summed E-state index contributed by atoms with van der Waals surface area (Å²) < 4.78 is 11.3. The lowest BCUT2D eigenvalue weighted by Crippen LogP contribution is -2.34. The predicted octanol–water partition coefficient (Wildman–Crippen LogP) is 4.09. The number of rotatable bonds is 5. The fourth-order valence-electron chi connectivity index (χ4n) is 3.08. The summed E-state index contributed by atoms with van der Waals surface area (Å²) in [5.41, 5.74) is 3.01. The molecule has 0 bridgehead atoms. The maximum absolute atomic E-state index is 12.4. The predicted molar refractivity (Wildman–Crippen MR) is 111 cm³/mol. The fraction of sp³-hybridized carbons (Fsp3) is 0.130. The summed E-state index contributed by atoms with van der Waals surface area (Å²) in [5, 5.41) is 5.54. The lowest BCUT2D eigenvalue weighted by molar-refractivity contribution is -0.122. The summed E-state index contributed by atoms with van der Waals surface area (Å²) in [6.45, 7) is 1.54. The van der Waals surface area contributed by atoms with Gasteiger partial charge in [0.1, 0.15) is 11.5 Å². The summed E-state index contributed by atoms with van der Waals surface area (Å²) >= 11 is 0. The van der Waals surface area contributed by atoms with Crippen molar-refractivity contribution >= 4 is 23.2 Å². The van der Waals surface area contributed by atoms with E-state index in [0.717, 1.165) is 11.1 Å². The molecule has 3 aromatic carbocycles. The van der Waals surface area contributed by atoms with Crippen LogP contribution >= 0.6 is 0 Å². The first-order chi connectivity index (χ1) is 14.1. The average molecular weight is 388 g/mol. The van der Waals surface area contributed by atoms with E-state index in [4.69, 9.17) is 9.47 Å². The molecule has 1 heterocycles. The molecule has 3 aromatic rings. The van der Waals surface area contributed by atoms with Gasteiger partial charge in [-0.15, -0.1) is 0 Å². The highest BCUT2D eigenvalue weighted by Crippen LogP contribution is 2.32. The molecule has 29 heavy (non-hydrogen) atoms. The van der Waals surface area contributed by atoms with Gasteiger partial charge in [-0.2, -0.15) is 0 Å². The van der Waals surface area contributed by atoms with Gasteiger partial charge in [0.05, 0.1) is 5.69 Å². The number of anilines is 2. The van der Waals surface area contributed by atoms with E-state index >= 15 is 0 Å². The van der Waals surface area contributed by atoms with Crippen LogP contribution in [-0.2, 0) is 9.59 Å². The van der Waals surface area contributed by atoms with Gasteiger partial charge in [-0.1, -0.05) is 48.5 Å². The first kappa shape index (κ1) is 18.6. The number of amides is 2. The molecule has 0 saturated heterocycles. The molecule has 2 amide bonds. The molecule has 1 aliphatic rings. The van der Waals surface area contributed by atoms with Crippen LogP contribution in [0.2, 0.25) is 0 Å². The number of nitrogens with one attached hydrogen (secondary N) is 2. The number of ether oxygens (including phenoxy) is 2. The first-order valence-electron chi connectivity index (χ1n) is 9.29. The van der Waals surface area contributed by atoms with Gasteiger partial charge in [0.25, 0.3) is 11.8 Å². The molecular weight excluding hydrogens is 368 g/mol. The van der Waals surface area contributed by atoms with Crippen LogP contribution in [0.1, 0.15) is 6.92 Å².